The number of benzene rings is 2. The fourth-order valence-corrected chi connectivity index (χ4v) is 4.05. The SMILES string of the molecule is CCC1c2ccc(C)cc2CCN1C(=O)CCc1ccc(C(=O)N(C)C)cc1. The molecule has 0 aromatic heterocycles. The van der Waals surface area contributed by atoms with Crippen LogP contribution in [0.2, 0.25) is 0 Å². The van der Waals surface area contributed by atoms with Crippen LogP contribution in [-0.2, 0) is 17.6 Å². The molecule has 1 aliphatic heterocycles. The minimum absolute atomic E-state index is 0.00404. The van der Waals surface area contributed by atoms with Crippen molar-refractivity contribution in [2.24, 2.45) is 0 Å². The van der Waals surface area contributed by atoms with Crippen LogP contribution in [0.1, 0.15) is 58.4 Å². The highest BCUT2D eigenvalue weighted by Crippen LogP contribution is 2.33. The van der Waals surface area contributed by atoms with E-state index in [2.05, 4.69) is 36.9 Å². The highest BCUT2D eigenvalue weighted by molar-refractivity contribution is 5.93. The molecule has 2 amide bonds. The van der Waals surface area contributed by atoms with E-state index in [4.69, 9.17) is 0 Å². The second kappa shape index (κ2) is 8.59. The van der Waals surface area contributed by atoms with Crippen LogP contribution in [-0.4, -0.2) is 42.3 Å². The van der Waals surface area contributed by atoms with Gasteiger partial charge in [0.1, 0.15) is 0 Å². The van der Waals surface area contributed by atoms with Crippen LogP contribution in [0.15, 0.2) is 42.5 Å². The van der Waals surface area contributed by atoms with Gasteiger partial charge in [-0.3, -0.25) is 9.59 Å². The maximum atomic E-state index is 12.9. The topological polar surface area (TPSA) is 40.6 Å². The molecule has 28 heavy (non-hydrogen) atoms. The second-order valence-electron chi connectivity index (χ2n) is 7.86. The van der Waals surface area contributed by atoms with E-state index in [1.54, 1.807) is 19.0 Å². The standard InChI is InChI=1S/C24H30N2O2/c1-5-22-21-12-6-17(2)16-20(21)14-15-26(22)23(27)13-9-18-7-10-19(11-8-18)24(28)25(3)4/h6-8,10-12,16,22H,5,9,13-15H2,1-4H3. The lowest BCUT2D eigenvalue weighted by Crippen LogP contribution is -2.40. The first kappa shape index (κ1) is 20.1. The molecule has 0 fully saturated rings. The number of hydrogen-bond acceptors (Lipinski definition) is 2. The Bertz CT molecular complexity index is 855. The molecule has 1 heterocycles. The largest absolute Gasteiger partial charge is 0.345 e. The molecular formula is C24H30N2O2. The molecule has 1 aliphatic rings. The van der Waals surface area contributed by atoms with Crippen LogP contribution in [0.5, 0.6) is 0 Å². The van der Waals surface area contributed by atoms with Gasteiger partial charge in [0.15, 0.2) is 0 Å². The van der Waals surface area contributed by atoms with E-state index in [1.165, 1.54) is 16.7 Å². The van der Waals surface area contributed by atoms with Crippen LogP contribution in [0.25, 0.3) is 0 Å². The summed E-state index contributed by atoms with van der Waals surface area (Å²) < 4.78 is 0. The van der Waals surface area contributed by atoms with Crippen molar-refractivity contribution in [3.63, 3.8) is 0 Å². The smallest absolute Gasteiger partial charge is 0.253 e. The average molecular weight is 379 g/mol. The van der Waals surface area contributed by atoms with Crippen molar-refractivity contribution in [3.05, 3.63) is 70.3 Å². The summed E-state index contributed by atoms with van der Waals surface area (Å²) in [7, 11) is 3.49. The minimum Gasteiger partial charge on any atom is -0.345 e. The summed E-state index contributed by atoms with van der Waals surface area (Å²) in [6, 6.07) is 14.4. The molecule has 0 N–H and O–H groups in total. The third-order valence-corrected chi connectivity index (χ3v) is 5.60. The van der Waals surface area contributed by atoms with Crippen molar-refractivity contribution in [1.82, 2.24) is 9.80 Å². The zero-order chi connectivity index (χ0) is 20.3. The van der Waals surface area contributed by atoms with Gasteiger partial charge in [-0.25, -0.2) is 0 Å². The lowest BCUT2D eigenvalue weighted by molar-refractivity contribution is -0.134. The number of fused-ring (bicyclic) bond motifs is 1. The number of nitrogens with zero attached hydrogens (tertiary/aromatic N) is 2. The monoisotopic (exact) mass is 378 g/mol. The molecule has 0 saturated carbocycles. The van der Waals surface area contributed by atoms with Gasteiger partial charge in [0.2, 0.25) is 5.91 Å². The molecule has 0 bridgehead atoms. The van der Waals surface area contributed by atoms with Crippen LogP contribution in [0.3, 0.4) is 0 Å². The predicted molar refractivity (Wildman–Crippen MR) is 112 cm³/mol. The minimum atomic E-state index is -0.00404. The van der Waals surface area contributed by atoms with Gasteiger partial charge in [-0.15, -0.1) is 0 Å². The Morgan fingerprint density at radius 2 is 1.82 bits per heavy atom. The highest BCUT2D eigenvalue weighted by Gasteiger charge is 2.29. The second-order valence-corrected chi connectivity index (χ2v) is 7.86. The normalized spacial score (nSPS) is 15.9. The van der Waals surface area contributed by atoms with Crippen molar-refractivity contribution in [2.45, 2.75) is 45.6 Å². The summed E-state index contributed by atoms with van der Waals surface area (Å²) in [5.41, 5.74) is 5.74. The maximum absolute atomic E-state index is 12.9. The van der Waals surface area contributed by atoms with Gasteiger partial charge >= 0.3 is 0 Å². The molecule has 1 atom stereocenters. The van der Waals surface area contributed by atoms with Crippen LogP contribution in [0.4, 0.5) is 0 Å². The van der Waals surface area contributed by atoms with Crippen LogP contribution >= 0.6 is 0 Å². The molecule has 4 heteroatoms. The molecule has 148 valence electrons. The first-order valence-electron chi connectivity index (χ1n) is 10.1. The Morgan fingerprint density at radius 1 is 1.11 bits per heavy atom. The molecule has 0 spiro atoms. The number of amides is 2. The van der Waals surface area contributed by atoms with Crippen molar-refractivity contribution < 1.29 is 9.59 Å². The first-order chi connectivity index (χ1) is 13.4. The number of carbonyl (C=O) groups excluding carboxylic acids is 2. The van der Waals surface area contributed by atoms with Crippen molar-refractivity contribution in [2.75, 3.05) is 20.6 Å². The summed E-state index contributed by atoms with van der Waals surface area (Å²) in [5.74, 6) is 0.210. The quantitative estimate of drug-likeness (QED) is 0.784. The maximum Gasteiger partial charge on any atom is 0.253 e. The fraction of sp³-hybridized carbons (Fsp3) is 0.417. The number of aryl methyl sites for hydroxylation is 2. The number of carbonyl (C=O) groups is 2. The summed E-state index contributed by atoms with van der Waals surface area (Å²) in [6.07, 6.45) is 3.06. The lowest BCUT2D eigenvalue weighted by Gasteiger charge is -2.37. The molecule has 1 unspecified atom stereocenters. The third kappa shape index (κ3) is 4.27. The van der Waals surface area contributed by atoms with E-state index in [-0.39, 0.29) is 17.9 Å². The van der Waals surface area contributed by atoms with Crippen LogP contribution in [0, 0.1) is 6.92 Å². The highest BCUT2D eigenvalue weighted by atomic mass is 16.2. The summed E-state index contributed by atoms with van der Waals surface area (Å²) >= 11 is 0. The zero-order valence-corrected chi connectivity index (χ0v) is 17.4. The van der Waals surface area contributed by atoms with E-state index in [1.807, 2.05) is 24.3 Å². The summed E-state index contributed by atoms with van der Waals surface area (Å²) in [4.78, 5) is 28.6. The molecule has 3 rings (SSSR count). The number of hydrogen-bond donors (Lipinski definition) is 0. The zero-order valence-electron chi connectivity index (χ0n) is 17.4. The van der Waals surface area contributed by atoms with Gasteiger partial charge in [-0.05, 0) is 55.0 Å². The van der Waals surface area contributed by atoms with E-state index < -0.39 is 0 Å². The van der Waals surface area contributed by atoms with Crippen molar-refractivity contribution in [3.8, 4) is 0 Å². The average Bonchev–Trinajstić information content (AvgIpc) is 2.70. The van der Waals surface area contributed by atoms with E-state index in [0.717, 1.165) is 24.9 Å². The Labute approximate surface area is 168 Å². The summed E-state index contributed by atoms with van der Waals surface area (Å²) in [5, 5.41) is 0. The lowest BCUT2D eigenvalue weighted by atomic mass is 9.89. The fourth-order valence-electron chi connectivity index (χ4n) is 4.05. The van der Waals surface area contributed by atoms with Crippen LogP contribution < -0.4 is 0 Å². The molecule has 4 nitrogen and oxygen atoms in total. The van der Waals surface area contributed by atoms with E-state index >= 15 is 0 Å². The molecule has 2 aromatic carbocycles. The van der Waals surface area contributed by atoms with Gasteiger partial charge in [-0.2, -0.15) is 0 Å². The van der Waals surface area contributed by atoms with Gasteiger partial charge in [-0.1, -0.05) is 42.8 Å². The Morgan fingerprint density at radius 3 is 2.46 bits per heavy atom. The predicted octanol–water partition coefficient (Wildman–Crippen LogP) is 4.17. The molecule has 0 saturated heterocycles. The third-order valence-electron chi connectivity index (χ3n) is 5.60. The van der Waals surface area contributed by atoms with Gasteiger partial charge in [0.25, 0.3) is 5.91 Å². The van der Waals surface area contributed by atoms with Crippen molar-refractivity contribution >= 4 is 11.8 Å². The molecule has 2 aromatic rings. The first-order valence-corrected chi connectivity index (χ1v) is 10.1. The Kier molecular flexibility index (Phi) is 6.18. The van der Waals surface area contributed by atoms with Gasteiger partial charge in [0.05, 0.1) is 6.04 Å². The van der Waals surface area contributed by atoms with Gasteiger partial charge in [0, 0.05) is 32.6 Å². The molecular weight excluding hydrogens is 348 g/mol. The Balaban J connectivity index is 1.65. The molecule has 0 radical (unpaired) electrons. The number of rotatable bonds is 5. The van der Waals surface area contributed by atoms with Crippen molar-refractivity contribution in [1.29, 1.82) is 0 Å². The van der Waals surface area contributed by atoms with E-state index in [9.17, 15) is 9.59 Å². The summed E-state index contributed by atoms with van der Waals surface area (Å²) in [6.45, 7) is 5.07. The molecule has 0 aliphatic carbocycles. The van der Waals surface area contributed by atoms with Gasteiger partial charge < -0.3 is 9.80 Å². The van der Waals surface area contributed by atoms with E-state index in [0.29, 0.717) is 18.4 Å². The Hall–Kier alpha value is -2.62.